The van der Waals surface area contributed by atoms with E-state index in [4.69, 9.17) is 11.6 Å². The van der Waals surface area contributed by atoms with Gasteiger partial charge in [0.05, 0.1) is 11.4 Å². The van der Waals surface area contributed by atoms with Gasteiger partial charge in [-0.3, -0.25) is 0 Å². The topological polar surface area (TPSA) is 41.0 Å². The van der Waals surface area contributed by atoms with Gasteiger partial charge in [-0.15, -0.1) is 0 Å². The fraction of sp³-hybridized carbons (Fsp3) is 0.231. The zero-order valence-corrected chi connectivity index (χ0v) is 12.0. The monoisotopic (exact) mass is 316 g/mol. The van der Waals surface area contributed by atoms with Gasteiger partial charge in [0.25, 0.3) is 0 Å². The Bertz CT molecular complexity index is 644. The molecular formula is C13H12ClF3N4. The summed E-state index contributed by atoms with van der Waals surface area (Å²) >= 11 is 5.55. The molecule has 1 aromatic carbocycles. The van der Waals surface area contributed by atoms with Crippen LogP contribution >= 0.6 is 11.6 Å². The lowest BCUT2D eigenvalue weighted by molar-refractivity contribution is -0.141. The van der Waals surface area contributed by atoms with E-state index in [2.05, 4.69) is 15.3 Å². The van der Waals surface area contributed by atoms with Crippen LogP contribution in [0.15, 0.2) is 30.3 Å². The van der Waals surface area contributed by atoms with Crippen LogP contribution in [0.2, 0.25) is 5.28 Å². The second kappa shape index (κ2) is 5.77. The summed E-state index contributed by atoms with van der Waals surface area (Å²) in [5, 5.41) is 2.37. The van der Waals surface area contributed by atoms with E-state index in [0.29, 0.717) is 5.69 Å². The Labute approximate surface area is 124 Å². The minimum Gasteiger partial charge on any atom is -0.376 e. The molecule has 112 valence electrons. The van der Waals surface area contributed by atoms with E-state index in [1.54, 1.807) is 12.1 Å². The molecule has 1 N–H and O–H groups in total. The van der Waals surface area contributed by atoms with Gasteiger partial charge < -0.3 is 10.2 Å². The van der Waals surface area contributed by atoms with Crippen molar-refractivity contribution >= 4 is 28.8 Å². The second-order valence-electron chi connectivity index (χ2n) is 4.44. The highest BCUT2D eigenvalue weighted by Gasteiger charge is 2.33. The fourth-order valence-electron chi connectivity index (χ4n) is 1.73. The summed E-state index contributed by atoms with van der Waals surface area (Å²) in [5.74, 6) is -0.0170. The van der Waals surface area contributed by atoms with Crippen LogP contribution < -0.4 is 10.2 Å². The predicted octanol–water partition coefficient (Wildman–Crippen LogP) is 3.96. The zero-order chi connectivity index (χ0) is 15.6. The van der Waals surface area contributed by atoms with Crippen LogP contribution in [0.1, 0.15) is 5.69 Å². The average molecular weight is 317 g/mol. The van der Waals surface area contributed by atoms with Crippen LogP contribution in [0.25, 0.3) is 0 Å². The minimum atomic E-state index is -4.58. The largest absolute Gasteiger partial charge is 0.433 e. The van der Waals surface area contributed by atoms with Gasteiger partial charge in [0.1, 0.15) is 5.82 Å². The number of aromatic nitrogens is 2. The van der Waals surface area contributed by atoms with Gasteiger partial charge in [0, 0.05) is 20.2 Å². The normalized spacial score (nSPS) is 11.3. The van der Waals surface area contributed by atoms with Crippen LogP contribution in [-0.4, -0.2) is 24.1 Å². The molecule has 0 radical (unpaired) electrons. The van der Waals surface area contributed by atoms with Crippen LogP contribution in [0, 0.1) is 0 Å². The van der Waals surface area contributed by atoms with Crippen molar-refractivity contribution in [2.75, 3.05) is 24.3 Å². The highest BCUT2D eigenvalue weighted by molar-refractivity contribution is 6.28. The van der Waals surface area contributed by atoms with E-state index in [1.807, 2.05) is 31.1 Å². The van der Waals surface area contributed by atoms with Crippen molar-refractivity contribution < 1.29 is 13.2 Å². The number of benzene rings is 1. The standard InChI is InChI=1S/C13H12ClF3N4/c1-21(2)9-6-4-3-5-8(9)18-11-7-10(13(15,16)17)19-12(14)20-11/h3-7H,1-2H3,(H,18,19,20). The molecule has 0 aliphatic rings. The molecule has 2 rings (SSSR count). The molecule has 0 atom stereocenters. The molecule has 4 nitrogen and oxygen atoms in total. The number of nitrogens with zero attached hydrogens (tertiary/aromatic N) is 3. The number of hydrogen-bond donors (Lipinski definition) is 1. The van der Waals surface area contributed by atoms with Gasteiger partial charge in [0.15, 0.2) is 5.69 Å². The summed E-state index contributed by atoms with van der Waals surface area (Å²) in [6.07, 6.45) is -4.58. The lowest BCUT2D eigenvalue weighted by atomic mass is 10.2. The van der Waals surface area contributed by atoms with Gasteiger partial charge in [-0.25, -0.2) is 9.97 Å². The van der Waals surface area contributed by atoms with E-state index >= 15 is 0 Å². The summed E-state index contributed by atoms with van der Waals surface area (Å²) in [7, 11) is 3.66. The summed E-state index contributed by atoms with van der Waals surface area (Å²) in [6, 6.07) is 7.98. The van der Waals surface area contributed by atoms with Gasteiger partial charge >= 0.3 is 6.18 Å². The number of alkyl halides is 3. The molecule has 0 aliphatic heterocycles. The Morgan fingerprint density at radius 1 is 1.14 bits per heavy atom. The molecule has 0 aliphatic carbocycles. The highest BCUT2D eigenvalue weighted by Crippen LogP contribution is 2.32. The Morgan fingerprint density at radius 3 is 2.43 bits per heavy atom. The third kappa shape index (κ3) is 3.75. The van der Waals surface area contributed by atoms with Crippen LogP contribution in [0.3, 0.4) is 0 Å². The lowest BCUT2D eigenvalue weighted by Gasteiger charge is -2.18. The third-order valence-electron chi connectivity index (χ3n) is 2.64. The molecule has 0 fully saturated rings. The SMILES string of the molecule is CN(C)c1ccccc1Nc1cc(C(F)(F)F)nc(Cl)n1. The average Bonchev–Trinajstić information content (AvgIpc) is 2.37. The van der Waals surface area contributed by atoms with E-state index in [0.717, 1.165) is 11.8 Å². The maximum absolute atomic E-state index is 12.7. The Balaban J connectivity index is 2.39. The molecule has 21 heavy (non-hydrogen) atoms. The van der Waals surface area contributed by atoms with Crippen LogP contribution in [-0.2, 0) is 6.18 Å². The highest BCUT2D eigenvalue weighted by atomic mass is 35.5. The minimum absolute atomic E-state index is 0.0170. The molecule has 1 aromatic heterocycles. The molecule has 0 spiro atoms. The van der Waals surface area contributed by atoms with Crippen molar-refractivity contribution in [3.05, 3.63) is 41.3 Å². The van der Waals surface area contributed by atoms with Crippen molar-refractivity contribution in [3.63, 3.8) is 0 Å². The van der Waals surface area contributed by atoms with Crippen molar-refractivity contribution in [2.45, 2.75) is 6.18 Å². The molecule has 8 heteroatoms. The van der Waals surface area contributed by atoms with E-state index in [9.17, 15) is 13.2 Å². The van der Waals surface area contributed by atoms with Crippen molar-refractivity contribution in [1.29, 1.82) is 0 Å². The number of halogens is 4. The van der Waals surface area contributed by atoms with Gasteiger partial charge in [-0.2, -0.15) is 13.2 Å². The maximum atomic E-state index is 12.7. The number of rotatable bonds is 3. The molecule has 2 aromatic rings. The zero-order valence-electron chi connectivity index (χ0n) is 11.2. The molecule has 1 heterocycles. The molecule has 0 bridgehead atoms. The summed E-state index contributed by atoms with van der Waals surface area (Å²) in [5.41, 5.74) is 0.332. The van der Waals surface area contributed by atoms with Crippen LogP contribution in [0.5, 0.6) is 0 Å². The first kappa shape index (κ1) is 15.4. The van der Waals surface area contributed by atoms with Gasteiger partial charge in [-0.1, -0.05) is 12.1 Å². The van der Waals surface area contributed by atoms with Crippen molar-refractivity contribution in [3.8, 4) is 0 Å². The summed E-state index contributed by atoms with van der Waals surface area (Å²) < 4.78 is 38.1. The van der Waals surface area contributed by atoms with Crippen molar-refractivity contribution in [1.82, 2.24) is 9.97 Å². The Kier molecular flexibility index (Phi) is 4.22. The van der Waals surface area contributed by atoms with Gasteiger partial charge in [0.2, 0.25) is 5.28 Å². The molecule has 0 amide bonds. The van der Waals surface area contributed by atoms with E-state index in [1.165, 1.54) is 0 Å². The number of anilines is 3. The molecule has 0 saturated heterocycles. The fourth-order valence-corrected chi connectivity index (χ4v) is 1.92. The molecular weight excluding hydrogens is 305 g/mol. The summed E-state index contributed by atoms with van der Waals surface area (Å²) in [6.45, 7) is 0. The first-order chi connectivity index (χ1) is 9.77. The van der Waals surface area contributed by atoms with E-state index in [-0.39, 0.29) is 5.82 Å². The first-order valence-electron chi connectivity index (χ1n) is 5.92. The first-order valence-corrected chi connectivity index (χ1v) is 6.30. The Morgan fingerprint density at radius 2 is 1.81 bits per heavy atom. The van der Waals surface area contributed by atoms with Gasteiger partial charge in [-0.05, 0) is 23.7 Å². The number of hydrogen-bond acceptors (Lipinski definition) is 4. The number of para-hydroxylation sites is 2. The van der Waals surface area contributed by atoms with Crippen LogP contribution in [0.4, 0.5) is 30.4 Å². The predicted molar refractivity (Wildman–Crippen MR) is 76.1 cm³/mol. The quantitative estimate of drug-likeness (QED) is 0.870. The molecule has 0 saturated carbocycles. The van der Waals surface area contributed by atoms with E-state index < -0.39 is 17.2 Å². The third-order valence-corrected chi connectivity index (χ3v) is 2.81. The smallest absolute Gasteiger partial charge is 0.376 e. The second-order valence-corrected chi connectivity index (χ2v) is 4.78. The Hall–Kier alpha value is -2.02. The maximum Gasteiger partial charge on any atom is 0.433 e. The molecule has 0 unspecified atom stereocenters. The lowest BCUT2D eigenvalue weighted by Crippen LogP contribution is -2.12. The van der Waals surface area contributed by atoms with Crippen molar-refractivity contribution in [2.24, 2.45) is 0 Å². The number of nitrogens with one attached hydrogen (secondary N) is 1. The summed E-state index contributed by atoms with van der Waals surface area (Å²) in [4.78, 5) is 8.78.